The van der Waals surface area contributed by atoms with Gasteiger partial charge in [-0.2, -0.15) is 0 Å². The summed E-state index contributed by atoms with van der Waals surface area (Å²) in [6.07, 6.45) is 0. The molecule has 0 radical (unpaired) electrons. The Balaban J connectivity index is 1.64. The lowest BCUT2D eigenvalue weighted by Gasteiger charge is -2.17. The molecule has 0 aliphatic rings. The Bertz CT molecular complexity index is 1570. The molecule has 176 valence electrons. The van der Waals surface area contributed by atoms with Crippen LogP contribution in [0.4, 0.5) is 17.1 Å². The van der Waals surface area contributed by atoms with Crippen LogP contribution in [0.25, 0.3) is 32.9 Å². The van der Waals surface area contributed by atoms with Crippen LogP contribution in [0.2, 0.25) is 5.02 Å². The zero-order chi connectivity index (χ0) is 24.5. The standard InChI is InChI=1S/C28H24ClN3O3/c1-33-19-7-11-23-21(15-19)28(20-8-6-18(29)14-25(20)31-23)32-24-10-5-17(13-27(24)35-3)16-4-9-22(30)26(12-16)34-2/h4-15H,30H2,1-3H3,(H,31,32). The van der Waals surface area contributed by atoms with E-state index < -0.39 is 0 Å². The van der Waals surface area contributed by atoms with Gasteiger partial charge in [0.2, 0.25) is 0 Å². The average molecular weight is 486 g/mol. The SMILES string of the molecule is COc1ccc2nc3cc(Cl)ccc3c(Nc3ccc(-c4ccc(N)c(OC)c4)cc3OC)c2c1. The minimum atomic E-state index is 0.591. The van der Waals surface area contributed by atoms with Gasteiger partial charge in [-0.1, -0.05) is 23.7 Å². The van der Waals surface area contributed by atoms with Crippen LogP contribution in [0.5, 0.6) is 17.2 Å². The molecule has 0 fully saturated rings. The number of nitrogen functional groups attached to an aromatic ring is 1. The van der Waals surface area contributed by atoms with Crippen LogP contribution < -0.4 is 25.3 Å². The largest absolute Gasteiger partial charge is 0.497 e. The highest BCUT2D eigenvalue weighted by Gasteiger charge is 2.14. The second-order valence-corrected chi connectivity index (χ2v) is 8.46. The van der Waals surface area contributed by atoms with E-state index in [4.69, 9.17) is 36.5 Å². The van der Waals surface area contributed by atoms with Crippen LogP contribution in [0.15, 0.2) is 72.8 Å². The van der Waals surface area contributed by atoms with Crippen molar-refractivity contribution >= 4 is 50.5 Å². The first-order valence-corrected chi connectivity index (χ1v) is 11.3. The molecule has 6 nitrogen and oxygen atoms in total. The number of rotatable bonds is 6. The summed E-state index contributed by atoms with van der Waals surface area (Å²) in [4.78, 5) is 4.80. The topological polar surface area (TPSA) is 78.6 Å². The van der Waals surface area contributed by atoms with Gasteiger partial charge in [-0.3, -0.25) is 0 Å². The summed E-state index contributed by atoms with van der Waals surface area (Å²) in [5, 5.41) is 6.07. The Hall–Kier alpha value is -4.16. The first kappa shape index (κ1) is 22.6. The number of anilines is 3. The summed E-state index contributed by atoms with van der Waals surface area (Å²) in [6.45, 7) is 0. The van der Waals surface area contributed by atoms with E-state index in [0.29, 0.717) is 22.2 Å². The quantitative estimate of drug-likeness (QED) is 0.198. The molecule has 0 aliphatic carbocycles. The van der Waals surface area contributed by atoms with Gasteiger partial charge < -0.3 is 25.3 Å². The fourth-order valence-corrected chi connectivity index (χ4v) is 4.32. The first-order valence-electron chi connectivity index (χ1n) is 11.0. The average Bonchev–Trinajstić information content (AvgIpc) is 2.88. The molecule has 0 bridgehead atoms. The van der Waals surface area contributed by atoms with Gasteiger partial charge in [0.05, 0.1) is 49.4 Å². The van der Waals surface area contributed by atoms with Gasteiger partial charge >= 0.3 is 0 Å². The molecule has 35 heavy (non-hydrogen) atoms. The molecule has 1 aromatic heterocycles. The lowest BCUT2D eigenvalue weighted by atomic mass is 10.0. The van der Waals surface area contributed by atoms with Gasteiger partial charge in [0.25, 0.3) is 0 Å². The van der Waals surface area contributed by atoms with E-state index in [2.05, 4.69) is 5.32 Å². The summed E-state index contributed by atoms with van der Waals surface area (Å²) >= 11 is 6.27. The Labute approximate surface area is 208 Å². The van der Waals surface area contributed by atoms with Crippen molar-refractivity contribution in [1.82, 2.24) is 4.98 Å². The number of benzene rings is 4. The van der Waals surface area contributed by atoms with Crippen molar-refractivity contribution in [3.05, 3.63) is 77.8 Å². The van der Waals surface area contributed by atoms with Crippen molar-refractivity contribution in [3.8, 4) is 28.4 Å². The van der Waals surface area contributed by atoms with Gasteiger partial charge in [0.1, 0.15) is 17.2 Å². The summed E-state index contributed by atoms with van der Waals surface area (Å²) in [7, 11) is 4.91. The highest BCUT2D eigenvalue weighted by Crippen LogP contribution is 2.40. The summed E-state index contributed by atoms with van der Waals surface area (Å²) in [5.74, 6) is 2.06. The molecule has 0 saturated carbocycles. The van der Waals surface area contributed by atoms with E-state index in [1.165, 1.54) is 0 Å². The summed E-state index contributed by atoms with van der Waals surface area (Å²) in [6, 6.07) is 23.2. The Morgan fingerprint density at radius 2 is 1.46 bits per heavy atom. The van der Waals surface area contributed by atoms with E-state index in [1.807, 2.05) is 72.8 Å². The maximum atomic E-state index is 6.27. The lowest BCUT2D eigenvalue weighted by molar-refractivity contribution is 0.415. The van der Waals surface area contributed by atoms with Crippen LogP contribution in [-0.2, 0) is 0 Å². The predicted molar refractivity (Wildman–Crippen MR) is 143 cm³/mol. The van der Waals surface area contributed by atoms with E-state index >= 15 is 0 Å². The lowest BCUT2D eigenvalue weighted by Crippen LogP contribution is -1.99. The molecular weight excluding hydrogens is 462 g/mol. The van der Waals surface area contributed by atoms with E-state index in [0.717, 1.165) is 50.1 Å². The summed E-state index contributed by atoms with van der Waals surface area (Å²) < 4.78 is 16.6. The third kappa shape index (κ3) is 4.24. The van der Waals surface area contributed by atoms with Crippen molar-refractivity contribution in [2.75, 3.05) is 32.4 Å². The molecular formula is C28H24ClN3O3. The third-order valence-electron chi connectivity index (χ3n) is 5.97. The number of methoxy groups -OCH3 is 3. The van der Waals surface area contributed by atoms with E-state index in [1.54, 1.807) is 21.3 Å². The van der Waals surface area contributed by atoms with Gasteiger partial charge in [0.15, 0.2) is 0 Å². The minimum absolute atomic E-state index is 0.591. The maximum absolute atomic E-state index is 6.27. The van der Waals surface area contributed by atoms with Gasteiger partial charge in [0, 0.05) is 15.8 Å². The fraction of sp³-hybridized carbons (Fsp3) is 0.107. The number of hydrogen-bond donors (Lipinski definition) is 2. The second-order valence-electron chi connectivity index (χ2n) is 8.03. The number of nitrogens with one attached hydrogen (secondary N) is 1. The number of nitrogens with two attached hydrogens (primary N) is 1. The number of halogens is 1. The van der Waals surface area contributed by atoms with Crippen molar-refractivity contribution < 1.29 is 14.2 Å². The second kappa shape index (κ2) is 9.24. The molecule has 0 unspecified atom stereocenters. The molecule has 0 aliphatic heterocycles. The van der Waals surface area contributed by atoms with Crippen molar-refractivity contribution in [1.29, 1.82) is 0 Å². The van der Waals surface area contributed by atoms with E-state index in [-0.39, 0.29) is 0 Å². The first-order chi connectivity index (χ1) is 17.0. The molecule has 5 aromatic rings. The van der Waals surface area contributed by atoms with Crippen LogP contribution >= 0.6 is 11.6 Å². The van der Waals surface area contributed by atoms with Crippen LogP contribution in [-0.4, -0.2) is 26.3 Å². The monoisotopic (exact) mass is 485 g/mol. The zero-order valence-corrected chi connectivity index (χ0v) is 20.3. The van der Waals surface area contributed by atoms with Crippen molar-refractivity contribution in [3.63, 3.8) is 0 Å². The number of ether oxygens (including phenoxy) is 3. The number of fused-ring (bicyclic) bond motifs is 2. The Kier molecular flexibility index (Phi) is 5.97. The number of pyridine rings is 1. The van der Waals surface area contributed by atoms with Gasteiger partial charge in [-0.05, 0) is 71.8 Å². The minimum Gasteiger partial charge on any atom is -0.497 e. The third-order valence-corrected chi connectivity index (χ3v) is 6.21. The molecule has 0 spiro atoms. The fourth-order valence-electron chi connectivity index (χ4n) is 4.16. The molecule has 0 saturated heterocycles. The highest BCUT2D eigenvalue weighted by atomic mass is 35.5. The number of hydrogen-bond acceptors (Lipinski definition) is 6. The van der Waals surface area contributed by atoms with Gasteiger partial charge in [-0.25, -0.2) is 4.98 Å². The van der Waals surface area contributed by atoms with Crippen molar-refractivity contribution in [2.24, 2.45) is 0 Å². The predicted octanol–water partition coefficient (Wildman–Crippen LogP) is 7.06. The Morgan fingerprint density at radius 3 is 2.20 bits per heavy atom. The number of nitrogens with zero attached hydrogens (tertiary/aromatic N) is 1. The molecule has 3 N–H and O–H groups in total. The molecule has 7 heteroatoms. The normalized spacial score (nSPS) is 11.0. The van der Waals surface area contributed by atoms with Crippen molar-refractivity contribution in [2.45, 2.75) is 0 Å². The Morgan fingerprint density at radius 1 is 0.714 bits per heavy atom. The maximum Gasteiger partial charge on any atom is 0.142 e. The van der Waals surface area contributed by atoms with Crippen LogP contribution in [0.1, 0.15) is 0 Å². The van der Waals surface area contributed by atoms with Crippen LogP contribution in [0.3, 0.4) is 0 Å². The highest BCUT2D eigenvalue weighted by molar-refractivity contribution is 6.31. The molecule has 5 rings (SSSR count). The van der Waals surface area contributed by atoms with Gasteiger partial charge in [-0.15, -0.1) is 0 Å². The molecule has 4 aromatic carbocycles. The van der Waals surface area contributed by atoms with E-state index in [9.17, 15) is 0 Å². The smallest absolute Gasteiger partial charge is 0.142 e. The molecule has 0 amide bonds. The molecule has 0 atom stereocenters. The zero-order valence-electron chi connectivity index (χ0n) is 19.6. The summed E-state index contributed by atoms with van der Waals surface area (Å²) in [5.41, 5.74) is 11.8. The van der Waals surface area contributed by atoms with Crippen LogP contribution in [0, 0.1) is 0 Å². The molecule has 1 heterocycles. The number of aromatic nitrogens is 1.